The molecule has 2 rings (SSSR count). The Morgan fingerprint density at radius 3 is 2.50 bits per heavy atom. The van der Waals surface area contributed by atoms with Crippen LogP contribution in [0.2, 0.25) is 0 Å². The van der Waals surface area contributed by atoms with Gasteiger partial charge in [0.1, 0.15) is 0 Å². The highest BCUT2D eigenvalue weighted by molar-refractivity contribution is 9.10. The summed E-state index contributed by atoms with van der Waals surface area (Å²) >= 11 is 5.17. The average Bonchev–Trinajstić information content (AvgIpc) is 2.63. The predicted molar refractivity (Wildman–Crippen MR) is 67.4 cm³/mol. The molecule has 14 heavy (non-hydrogen) atoms. The number of thiophene rings is 1. The van der Waals surface area contributed by atoms with Crippen molar-refractivity contribution in [3.05, 3.63) is 56.7 Å². The predicted octanol–water partition coefficient (Wildman–Crippen LogP) is 4.68. The first-order valence-electron chi connectivity index (χ1n) is 4.32. The Hall–Kier alpha value is -0.860. The van der Waals surface area contributed by atoms with E-state index in [1.165, 1.54) is 10.4 Å². The largest absolute Gasteiger partial charge is 0.143 e. The summed E-state index contributed by atoms with van der Waals surface area (Å²) in [5.41, 5.74) is 1.23. The highest BCUT2D eigenvalue weighted by Crippen LogP contribution is 2.21. The van der Waals surface area contributed by atoms with Crippen LogP contribution in [0.4, 0.5) is 0 Å². The second-order valence-corrected chi connectivity index (χ2v) is 4.77. The van der Waals surface area contributed by atoms with Crippen LogP contribution in [-0.4, -0.2) is 0 Å². The molecule has 0 aliphatic heterocycles. The van der Waals surface area contributed by atoms with Gasteiger partial charge in [0.05, 0.1) is 0 Å². The summed E-state index contributed by atoms with van der Waals surface area (Å²) in [4.78, 5) is 1.26. The van der Waals surface area contributed by atoms with Gasteiger partial charge in [-0.05, 0) is 33.6 Å². The molecule has 0 aliphatic rings. The van der Waals surface area contributed by atoms with Gasteiger partial charge in [-0.2, -0.15) is 0 Å². The molecule has 1 heterocycles. The van der Waals surface area contributed by atoms with Crippen molar-refractivity contribution in [2.75, 3.05) is 0 Å². The van der Waals surface area contributed by atoms with Crippen molar-refractivity contribution < 1.29 is 0 Å². The monoisotopic (exact) mass is 264 g/mol. The average molecular weight is 265 g/mol. The quantitative estimate of drug-likeness (QED) is 0.739. The lowest BCUT2D eigenvalue weighted by Crippen LogP contribution is -1.67. The molecule has 0 N–H and O–H groups in total. The van der Waals surface area contributed by atoms with E-state index in [4.69, 9.17) is 0 Å². The summed E-state index contributed by atoms with van der Waals surface area (Å²) in [5.74, 6) is 0. The van der Waals surface area contributed by atoms with Gasteiger partial charge in [-0.3, -0.25) is 0 Å². The molecule has 1 aromatic heterocycles. The molecule has 2 aromatic rings. The molecular formula is C12H9BrS. The molecular weight excluding hydrogens is 256 g/mol. The topological polar surface area (TPSA) is 0 Å². The lowest BCUT2D eigenvalue weighted by atomic mass is 10.2. The molecule has 0 unspecified atom stereocenters. The molecule has 0 bridgehead atoms. The van der Waals surface area contributed by atoms with Gasteiger partial charge in [-0.25, -0.2) is 0 Å². The van der Waals surface area contributed by atoms with Crippen LogP contribution in [0.15, 0.2) is 46.3 Å². The van der Waals surface area contributed by atoms with Crippen LogP contribution in [0.1, 0.15) is 10.4 Å². The third-order valence-electron chi connectivity index (χ3n) is 1.83. The molecule has 0 saturated heterocycles. The summed E-state index contributed by atoms with van der Waals surface area (Å²) in [6, 6.07) is 12.4. The zero-order chi connectivity index (χ0) is 9.80. The second-order valence-electron chi connectivity index (χ2n) is 2.91. The van der Waals surface area contributed by atoms with Gasteiger partial charge < -0.3 is 0 Å². The van der Waals surface area contributed by atoms with Crippen LogP contribution >= 0.6 is 27.3 Å². The van der Waals surface area contributed by atoms with Crippen molar-refractivity contribution in [1.29, 1.82) is 0 Å². The number of hydrogen-bond acceptors (Lipinski definition) is 1. The first-order valence-corrected chi connectivity index (χ1v) is 5.99. The van der Waals surface area contributed by atoms with Gasteiger partial charge in [0.2, 0.25) is 0 Å². The summed E-state index contributed by atoms with van der Waals surface area (Å²) in [6.07, 6.45) is 4.25. The molecule has 1 aromatic carbocycles. The van der Waals surface area contributed by atoms with E-state index < -0.39 is 0 Å². The highest BCUT2D eigenvalue weighted by Gasteiger charge is 1.91. The lowest BCUT2D eigenvalue weighted by molar-refractivity contribution is 1.67. The first-order chi connectivity index (χ1) is 6.84. The van der Waals surface area contributed by atoms with Crippen LogP contribution in [0, 0.1) is 0 Å². The van der Waals surface area contributed by atoms with E-state index in [0.29, 0.717) is 0 Å². The number of rotatable bonds is 2. The molecule has 70 valence electrons. The molecule has 0 radical (unpaired) electrons. The molecule has 0 fully saturated rings. The molecule has 2 heteroatoms. The SMILES string of the molecule is Brc1csc(C=Cc2ccccc2)c1. The van der Waals surface area contributed by atoms with Gasteiger partial charge in [0, 0.05) is 14.7 Å². The molecule has 0 amide bonds. The number of hydrogen-bond donors (Lipinski definition) is 0. The molecule has 0 saturated carbocycles. The minimum absolute atomic E-state index is 1.15. The zero-order valence-corrected chi connectivity index (χ0v) is 9.88. The third kappa shape index (κ3) is 2.56. The van der Waals surface area contributed by atoms with E-state index in [9.17, 15) is 0 Å². The third-order valence-corrected chi connectivity index (χ3v) is 3.49. The standard InChI is InChI=1S/C12H9BrS/c13-11-8-12(14-9-11)7-6-10-4-2-1-3-5-10/h1-9H. The molecule has 0 atom stereocenters. The first kappa shape index (κ1) is 9.69. The lowest BCUT2D eigenvalue weighted by Gasteiger charge is -1.89. The van der Waals surface area contributed by atoms with E-state index in [1.54, 1.807) is 11.3 Å². The number of halogens is 1. The van der Waals surface area contributed by atoms with Crippen molar-refractivity contribution in [1.82, 2.24) is 0 Å². The molecule has 0 aliphatic carbocycles. The maximum atomic E-state index is 3.43. The number of benzene rings is 1. The van der Waals surface area contributed by atoms with Crippen molar-refractivity contribution in [3.63, 3.8) is 0 Å². The van der Waals surface area contributed by atoms with E-state index in [-0.39, 0.29) is 0 Å². The summed E-state index contributed by atoms with van der Waals surface area (Å²) in [7, 11) is 0. The van der Waals surface area contributed by atoms with Crippen LogP contribution in [0.3, 0.4) is 0 Å². The van der Waals surface area contributed by atoms with Crippen LogP contribution in [0.25, 0.3) is 12.2 Å². The van der Waals surface area contributed by atoms with Crippen molar-refractivity contribution in [3.8, 4) is 0 Å². The fourth-order valence-electron chi connectivity index (χ4n) is 1.16. The zero-order valence-electron chi connectivity index (χ0n) is 7.48. The van der Waals surface area contributed by atoms with Crippen molar-refractivity contribution in [2.45, 2.75) is 0 Å². The van der Waals surface area contributed by atoms with Gasteiger partial charge in [-0.15, -0.1) is 11.3 Å². The Morgan fingerprint density at radius 1 is 1.07 bits per heavy atom. The van der Waals surface area contributed by atoms with E-state index in [0.717, 1.165) is 4.47 Å². The van der Waals surface area contributed by atoms with Gasteiger partial charge in [0.25, 0.3) is 0 Å². The maximum Gasteiger partial charge on any atom is 0.0288 e. The minimum atomic E-state index is 1.15. The Kier molecular flexibility index (Phi) is 3.17. The summed E-state index contributed by atoms with van der Waals surface area (Å²) < 4.78 is 1.15. The van der Waals surface area contributed by atoms with Crippen molar-refractivity contribution >= 4 is 39.4 Å². The normalized spacial score (nSPS) is 10.9. The van der Waals surface area contributed by atoms with Crippen molar-refractivity contribution in [2.24, 2.45) is 0 Å². The Balaban J connectivity index is 2.15. The summed E-state index contributed by atoms with van der Waals surface area (Å²) in [5, 5.41) is 2.09. The van der Waals surface area contributed by atoms with Crippen LogP contribution in [-0.2, 0) is 0 Å². The van der Waals surface area contributed by atoms with Gasteiger partial charge in [-0.1, -0.05) is 36.4 Å². The van der Waals surface area contributed by atoms with Gasteiger partial charge in [0.15, 0.2) is 0 Å². The fourth-order valence-corrected chi connectivity index (χ4v) is 2.50. The van der Waals surface area contributed by atoms with E-state index in [2.05, 4.69) is 51.7 Å². The molecule has 0 spiro atoms. The van der Waals surface area contributed by atoms with Crippen LogP contribution < -0.4 is 0 Å². The minimum Gasteiger partial charge on any atom is -0.143 e. The second kappa shape index (κ2) is 4.58. The smallest absolute Gasteiger partial charge is 0.0288 e. The van der Waals surface area contributed by atoms with Crippen LogP contribution in [0.5, 0.6) is 0 Å². The van der Waals surface area contributed by atoms with Gasteiger partial charge >= 0.3 is 0 Å². The van der Waals surface area contributed by atoms with E-state index >= 15 is 0 Å². The maximum absolute atomic E-state index is 3.43. The molecule has 0 nitrogen and oxygen atoms in total. The van der Waals surface area contributed by atoms with E-state index in [1.807, 2.05) is 18.2 Å². The fraction of sp³-hybridized carbons (Fsp3) is 0. The Morgan fingerprint density at radius 2 is 1.86 bits per heavy atom. The Labute approximate surface area is 96.0 Å². The summed E-state index contributed by atoms with van der Waals surface area (Å²) in [6.45, 7) is 0. The Bertz CT molecular complexity index is 429. The highest BCUT2D eigenvalue weighted by atomic mass is 79.9.